The number of nitrogens with zero attached hydrogens (tertiary/aromatic N) is 1. The molecule has 0 spiro atoms. The van der Waals surface area contributed by atoms with Crippen molar-refractivity contribution in [2.45, 2.75) is 83.3 Å². The van der Waals surface area contributed by atoms with E-state index in [9.17, 15) is 9.90 Å². The zero-order chi connectivity index (χ0) is 18.6. The van der Waals surface area contributed by atoms with Gasteiger partial charge in [0.05, 0.1) is 18.7 Å². The first-order valence-electron chi connectivity index (χ1n) is 10.4. The molecule has 1 N–H and O–H groups in total. The number of cyclic esters (lactones) is 1. The van der Waals surface area contributed by atoms with Crippen molar-refractivity contribution in [1.29, 1.82) is 0 Å². The van der Waals surface area contributed by atoms with E-state index in [1.54, 1.807) is 4.90 Å². The molecular weight excluding hydrogens is 326 g/mol. The zero-order valence-electron chi connectivity index (χ0n) is 16.2. The summed E-state index contributed by atoms with van der Waals surface area (Å²) in [5.74, 6) is 0. The predicted octanol–water partition coefficient (Wildman–Crippen LogP) is 4.94. The van der Waals surface area contributed by atoms with Gasteiger partial charge in [0.2, 0.25) is 0 Å². The lowest BCUT2D eigenvalue weighted by Gasteiger charge is -2.24. The molecule has 1 aromatic rings. The van der Waals surface area contributed by atoms with Crippen LogP contribution in [0.15, 0.2) is 30.3 Å². The third-order valence-electron chi connectivity index (χ3n) is 5.19. The Kier molecular flexibility index (Phi) is 9.54. The van der Waals surface area contributed by atoms with Crippen LogP contribution in [0, 0.1) is 0 Å². The Hall–Kier alpha value is -1.55. The summed E-state index contributed by atoms with van der Waals surface area (Å²) in [4.78, 5) is 13.7. The summed E-state index contributed by atoms with van der Waals surface area (Å²) in [6.07, 6.45) is 10.8. The van der Waals surface area contributed by atoms with Crippen LogP contribution in [0.5, 0.6) is 0 Å². The van der Waals surface area contributed by atoms with E-state index in [2.05, 4.69) is 19.1 Å². The number of aliphatic hydroxyl groups excluding tert-OH is 1. The molecule has 1 aromatic carbocycles. The third kappa shape index (κ3) is 7.36. The van der Waals surface area contributed by atoms with Gasteiger partial charge < -0.3 is 9.84 Å². The number of benzene rings is 1. The van der Waals surface area contributed by atoms with E-state index in [1.165, 1.54) is 50.5 Å². The molecule has 0 bridgehead atoms. The smallest absolute Gasteiger partial charge is 0.410 e. The Morgan fingerprint density at radius 1 is 1.08 bits per heavy atom. The highest BCUT2D eigenvalue weighted by Gasteiger charge is 2.33. The molecule has 1 aliphatic rings. The summed E-state index contributed by atoms with van der Waals surface area (Å²) in [6, 6.07) is 10.2. The van der Waals surface area contributed by atoms with E-state index in [4.69, 9.17) is 4.74 Å². The molecule has 2 atom stereocenters. The van der Waals surface area contributed by atoms with E-state index >= 15 is 0 Å². The van der Waals surface area contributed by atoms with Gasteiger partial charge in [0, 0.05) is 0 Å². The molecular formula is C22H35NO3. The van der Waals surface area contributed by atoms with Gasteiger partial charge in [0.15, 0.2) is 0 Å². The fraction of sp³-hybridized carbons (Fsp3) is 0.682. The number of hydrogen-bond donors (Lipinski definition) is 1. The van der Waals surface area contributed by atoms with E-state index in [0.717, 1.165) is 19.3 Å². The van der Waals surface area contributed by atoms with Gasteiger partial charge in [-0.15, -0.1) is 0 Å². The summed E-state index contributed by atoms with van der Waals surface area (Å²) in [5.41, 5.74) is 1.19. The molecule has 2 unspecified atom stereocenters. The van der Waals surface area contributed by atoms with Crippen LogP contribution in [0.4, 0.5) is 4.79 Å². The topological polar surface area (TPSA) is 49.8 Å². The van der Waals surface area contributed by atoms with E-state index < -0.39 is 6.10 Å². The van der Waals surface area contributed by atoms with Crippen molar-refractivity contribution in [2.24, 2.45) is 0 Å². The van der Waals surface area contributed by atoms with Crippen molar-refractivity contribution in [1.82, 2.24) is 4.90 Å². The summed E-state index contributed by atoms with van der Waals surface area (Å²) in [7, 11) is 0. The van der Waals surface area contributed by atoms with Crippen LogP contribution in [0.3, 0.4) is 0 Å². The molecule has 1 amide bonds. The quantitative estimate of drug-likeness (QED) is 0.506. The van der Waals surface area contributed by atoms with Gasteiger partial charge in [-0.1, -0.05) is 88.6 Å². The molecule has 0 aromatic heterocycles. The van der Waals surface area contributed by atoms with Crippen LogP contribution in [-0.4, -0.2) is 41.4 Å². The van der Waals surface area contributed by atoms with Gasteiger partial charge in [-0.25, -0.2) is 4.79 Å². The molecule has 2 rings (SSSR count). The minimum Gasteiger partial charge on any atom is -0.447 e. The highest BCUT2D eigenvalue weighted by molar-refractivity contribution is 5.70. The molecule has 146 valence electrons. The number of rotatable bonds is 13. The molecule has 26 heavy (non-hydrogen) atoms. The molecule has 1 heterocycles. The van der Waals surface area contributed by atoms with Crippen molar-refractivity contribution in [3.05, 3.63) is 35.9 Å². The summed E-state index contributed by atoms with van der Waals surface area (Å²) >= 11 is 0. The first-order chi connectivity index (χ1) is 12.7. The number of aliphatic hydroxyl groups is 1. The molecule has 4 heteroatoms. The summed E-state index contributed by atoms with van der Waals surface area (Å²) < 4.78 is 5.22. The third-order valence-corrected chi connectivity index (χ3v) is 5.19. The van der Waals surface area contributed by atoms with Gasteiger partial charge >= 0.3 is 6.09 Å². The minimum absolute atomic E-state index is 0.0260. The second-order valence-corrected chi connectivity index (χ2v) is 7.49. The maximum Gasteiger partial charge on any atom is 0.410 e. The monoisotopic (exact) mass is 361 g/mol. The molecule has 0 radical (unpaired) electrons. The fourth-order valence-corrected chi connectivity index (χ4v) is 3.60. The van der Waals surface area contributed by atoms with Crippen molar-refractivity contribution in [3.8, 4) is 0 Å². The predicted molar refractivity (Wildman–Crippen MR) is 105 cm³/mol. The van der Waals surface area contributed by atoms with E-state index in [0.29, 0.717) is 13.2 Å². The maximum atomic E-state index is 12.0. The summed E-state index contributed by atoms with van der Waals surface area (Å²) in [5, 5.41) is 10.3. The lowest BCUT2D eigenvalue weighted by atomic mass is 10.0. The largest absolute Gasteiger partial charge is 0.447 e. The average molecular weight is 362 g/mol. The van der Waals surface area contributed by atoms with E-state index in [1.807, 2.05) is 18.2 Å². The first kappa shape index (κ1) is 20.8. The number of carbonyl (C=O) groups is 1. The average Bonchev–Trinajstić information content (AvgIpc) is 2.98. The Morgan fingerprint density at radius 3 is 2.42 bits per heavy atom. The van der Waals surface area contributed by atoms with Crippen LogP contribution in [-0.2, 0) is 11.2 Å². The SMILES string of the molecule is CCCCCCCCCCC(O)CN1C(=O)OCC1Cc1ccccc1. The molecule has 0 aliphatic carbocycles. The highest BCUT2D eigenvalue weighted by Crippen LogP contribution is 2.19. The maximum absolute atomic E-state index is 12.0. The lowest BCUT2D eigenvalue weighted by molar-refractivity contribution is 0.102. The number of hydrogen-bond acceptors (Lipinski definition) is 3. The number of ether oxygens (including phenoxy) is 1. The van der Waals surface area contributed by atoms with E-state index in [-0.39, 0.29) is 12.1 Å². The van der Waals surface area contributed by atoms with Gasteiger partial charge in [0.25, 0.3) is 0 Å². The van der Waals surface area contributed by atoms with Crippen molar-refractivity contribution in [2.75, 3.05) is 13.2 Å². The fourth-order valence-electron chi connectivity index (χ4n) is 3.60. The van der Waals surface area contributed by atoms with Crippen molar-refractivity contribution in [3.63, 3.8) is 0 Å². The molecule has 4 nitrogen and oxygen atoms in total. The second kappa shape index (κ2) is 11.9. The molecule has 1 fully saturated rings. The first-order valence-corrected chi connectivity index (χ1v) is 10.4. The Balaban J connectivity index is 1.64. The second-order valence-electron chi connectivity index (χ2n) is 7.49. The number of unbranched alkanes of at least 4 members (excludes halogenated alkanes) is 7. The van der Waals surface area contributed by atoms with Gasteiger partial charge in [0.1, 0.15) is 6.61 Å². The van der Waals surface area contributed by atoms with Crippen LogP contribution >= 0.6 is 0 Å². The van der Waals surface area contributed by atoms with Crippen LogP contribution in [0.2, 0.25) is 0 Å². The Labute approximate surface area is 158 Å². The molecule has 1 aliphatic heterocycles. The van der Waals surface area contributed by atoms with Crippen LogP contribution < -0.4 is 0 Å². The Bertz CT molecular complexity index is 505. The van der Waals surface area contributed by atoms with Crippen LogP contribution in [0.1, 0.15) is 70.3 Å². The van der Waals surface area contributed by atoms with Gasteiger partial charge in [-0.05, 0) is 18.4 Å². The molecule has 0 saturated carbocycles. The normalized spacial score (nSPS) is 18.2. The van der Waals surface area contributed by atoms with Crippen LogP contribution in [0.25, 0.3) is 0 Å². The van der Waals surface area contributed by atoms with Crippen molar-refractivity contribution < 1.29 is 14.6 Å². The number of carbonyl (C=O) groups excluding carboxylic acids is 1. The zero-order valence-corrected chi connectivity index (χ0v) is 16.2. The summed E-state index contributed by atoms with van der Waals surface area (Å²) in [6.45, 7) is 3.03. The Morgan fingerprint density at radius 2 is 1.73 bits per heavy atom. The van der Waals surface area contributed by atoms with Gasteiger partial charge in [-0.2, -0.15) is 0 Å². The molecule has 1 saturated heterocycles. The van der Waals surface area contributed by atoms with Crippen molar-refractivity contribution >= 4 is 6.09 Å². The highest BCUT2D eigenvalue weighted by atomic mass is 16.6. The standard InChI is InChI=1S/C22H35NO3/c1-2-3-4-5-6-7-8-12-15-21(24)17-23-20(18-26-22(23)25)16-19-13-10-9-11-14-19/h9-11,13-14,20-21,24H,2-8,12,15-18H2,1H3. The number of β-amino-alcohol motifs (C(OH)–C–C–N with tert-alkyl or cyclic N) is 1. The van der Waals surface area contributed by atoms with Gasteiger partial charge in [-0.3, -0.25) is 4.90 Å². The lowest BCUT2D eigenvalue weighted by Crippen LogP contribution is -2.40. The number of amides is 1. The minimum atomic E-state index is -0.459.